The largest absolute Gasteiger partial charge is 0.383 e. The number of nitrogens with one attached hydrogen (secondary N) is 1. The van der Waals surface area contributed by atoms with E-state index in [1.165, 1.54) is 12.0 Å². The van der Waals surface area contributed by atoms with Gasteiger partial charge in [0.2, 0.25) is 0 Å². The van der Waals surface area contributed by atoms with Crippen LogP contribution in [0.15, 0.2) is 48.7 Å². The topological polar surface area (TPSA) is 45.2 Å². The van der Waals surface area contributed by atoms with E-state index in [9.17, 15) is 4.79 Å². The molecule has 0 aliphatic carbocycles. The molecule has 1 saturated heterocycles. The number of carbonyl (C=O) groups excluding carboxylic acids is 1. The van der Waals surface area contributed by atoms with Crippen molar-refractivity contribution in [1.82, 2.24) is 9.88 Å². The fourth-order valence-corrected chi connectivity index (χ4v) is 3.46. The fraction of sp³-hybridized carbons (Fsp3) is 0.429. The summed E-state index contributed by atoms with van der Waals surface area (Å²) in [6.45, 7) is 3.86. The van der Waals surface area contributed by atoms with Crippen LogP contribution < -0.4 is 5.32 Å². The summed E-state index contributed by atoms with van der Waals surface area (Å²) in [6.07, 6.45) is 7.18. The van der Waals surface area contributed by atoms with Crippen molar-refractivity contribution >= 4 is 11.6 Å². The smallest absolute Gasteiger partial charge is 0.272 e. The molecule has 0 spiro atoms. The summed E-state index contributed by atoms with van der Waals surface area (Å²) in [4.78, 5) is 19.1. The minimum absolute atomic E-state index is 0.0717. The molecule has 25 heavy (non-hydrogen) atoms. The monoisotopic (exact) mass is 337 g/mol. The molecule has 1 aliphatic rings. The zero-order chi connectivity index (χ0) is 17.5. The number of anilines is 1. The average molecular weight is 337 g/mol. The normalized spacial score (nSPS) is 17.3. The molecule has 1 amide bonds. The summed E-state index contributed by atoms with van der Waals surface area (Å²) in [5.41, 5.74) is 2.82. The molecule has 3 rings (SSSR count). The molecule has 1 aromatic heterocycles. The van der Waals surface area contributed by atoms with Crippen molar-refractivity contribution in [2.45, 2.75) is 45.1 Å². The van der Waals surface area contributed by atoms with E-state index in [2.05, 4.69) is 41.5 Å². The number of benzene rings is 1. The van der Waals surface area contributed by atoms with Gasteiger partial charge in [-0.2, -0.15) is 0 Å². The van der Waals surface area contributed by atoms with Gasteiger partial charge in [-0.15, -0.1) is 0 Å². The first-order chi connectivity index (χ1) is 12.3. The van der Waals surface area contributed by atoms with Crippen LogP contribution >= 0.6 is 0 Å². The first kappa shape index (κ1) is 17.5. The van der Waals surface area contributed by atoms with Crippen molar-refractivity contribution in [1.29, 1.82) is 0 Å². The van der Waals surface area contributed by atoms with Gasteiger partial charge in [-0.1, -0.05) is 37.3 Å². The molecule has 1 atom stereocenters. The molecule has 2 heterocycles. The number of pyridine rings is 1. The fourth-order valence-electron chi connectivity index (χ4n) is 3.46. The molecule has 0 radical (unpaired) electrons. The van der Waals surface area contributed by atoms with E-state index in [0.717, 1.165) is 44.5 Å². The lowest BCUT2D eigenvalue weighted by atomic mass is 9.99. The van der Waals surface area contributed by atoms with Gasteiger partial charge in [0, 0.05) is 19.1 Å². The molecule has 0 saturated carbocycles. The van der Waals surface area contributed by atoms with Crippen LogP contribution in [0.3, 0.4) is 0 Å². The van der Waals surface area contributed by atoms with Crippen LogP contribution in [0.4, 0.5) is 5.69 Å². The number of piperidine rings is 1. The third-order valence-corrected chi connectivity index (χ3v) is 4.93. The maximum Gasteiger partial charge on any atom is 0.272 e. The number of hydrogen-bond acceptors (Lipinski definition) is 3. The molecule has 2 aromatic rings. The van der Waals surface area contributed by atoms with E-state index in [0.29, 0.717) is 11.7 Å². The van der Waals surface area contributed by atoms with Gasteiger partial charge in [-0.25, -0.2) is 4.98 Å². The molecule has 4 heteroatoms. The van der Waals surface area contributed by atoms with Gasteiger partial charge in [-0.3, -0.25) is 4.79 Å². The standard InChI is InChI=1S/C21H27N3O/c1-2-19-10-6-7-15-24(19)21(25)20-12-11-18(16-23-20)22-14-13-17-8-4-3-5-9-17/h3-5,8-9,11-12,16,19,22H,2,6-7,10,13-15H2,1H3. The molecule has 4 nitrogen and oxygen atoms in total. The lowest BCUT2D eigenvalue weighted by Crippen LogP contribution is -2.43. The highest BCUT2D eigenvalue weighted by atomic mass is 16.2. The third-order valence-electron chi connectivity index (χ3n) is 4.93. The second-order valence-corrected chi connectivity index (χ2v) is 6.65. The number of likely N-dealkylation sites (tertiary alicyclic amines) is 1. The number of amides is 1. The van der Waals surface area contributed by atoms with Crippen LogP contribution in [0.5, 0.6) is 0 Å². The Morgan fingerprint density at radius 3 is 2.76 bits per heavy atom. The molecule has 1 unspecified atom stereocenters. The highest BCUT2D eigenvalue weighted by molar-refractivity contribution is 5.92. The highest BCUT2D eigenvalue weighted by Crippen LogP contribution is 2.21. The van der Waals surface area contributed by atoms with Crippen LogP contribution in [-0.2, 0) is 6.42 Å². The van der Waals surface area contributed by atoms with Gasteiger partial charge in [0.05, 0.1) is 11.9 Å². The summed E-state index contributed by atoms with van der Waals surface area (Å²) in [5.74, 6) is 0.0717. The first-order valence-corrected chi connectivity index (χ1v) is 9.32. The average Bonchev–Trinajstić information content (AvgIpc) is 2.69. The van der Waals surface area contributed by atoms with Crippen LogP contribution in [0.2, 0.25) is 0 Å². The van der Waals surface area contributed by atoms with Gasteiger partial charge < -0.3 is 10.2 Å². The quantitative estimate of drug-likeness (QED) is 0.861. The maximum absolute atomic E-state index is 12.7. The van der Waals surface area contributed by atoms with Gasteiger partial charge in [0.15, 0.2) is 0 Å². The molecule has 1 aromatic carbocycles. The van der Waals surface area contributed by atoms with Gasteiger partial charge in [-0.05, 0) is 49.8 Å². The first-order valence-electron chi connectivity index (χ1n) is 9.32. The van der Waals surface area contributed by atoms with Crippen molar-refractivity contribution in [2.75, 3.05) is 18.4 Å². The SMILES string of the molecule is CCC1CCCCN1C(=O)c1ccc(NCCc2ccccc2)cn1. The summed E-state index contributed by atoms with van der Waals surface area (Å²) < 4.78 is 0. The van der Waals surface area contributed by atoms with Gasteiger partial charge >= 0.3 is 0 Å². The molecular weight excluding hydrogens is 310 g/mol. The van der Waals surface area contributed by atoms with Gasteiger partial charge in [0.25, 0.3) is 5.91 Å². The van der Waals surface area contributed by atoms with E-state index < -0.39 is 0 Å². The number of hydrogen-bond donors (Lipinski definition) is 1. The molecule has 132 valence electrons. The maximum atomic E-state index is 12.7. The van der Waals surface area contributed by atoms with Crippen molar-refractivity contribution in [3.63, 3.8) is 0 Å². The van der Waals surface area contributed by atoms with Crippen molar-refractivity contribution < 1.29 is 4.79 Å². The molecule has 1 fully saturated rings. The predicted octanol–water partition coefficient (Wildman–Crippen LogP) is 4.14. The van der Waals surface area contributed by atoms with E-state index >= 15 is 0 Å². The van der Waals surface area contributed by atoms with E-state index in [1.54, 1.807) is 6.20 Å². The molecule has 1 aliphatic heterocycles. The van der Waals surface area contributed by atoms with Crippen molar-refractivity contribution in [3.05, 3.63) is 59.9 Å². The third kappa shape index (κ3) is 4.59. The zero-order valence-electron chi connectivity index (χ0n) is 14.9. The second-order valence-electron chi connectivity index (χ2n) is 6.65. The minimum Gasteiger partial charge on any atom is -0.383 e. The van der Waals surface area contributed by atoms with Crippen LogP contribution in [0, 0.1) is 0 Å². The van der Waals surface area contributed by atoms with Crippen LogP contribution in [0.25, 0.3) is 0 Å². The molecule has 1 N–H and O–H groups in total. The van der Waals surface area contributed by atoms with Crippen LogP contribution in [-0.4, -0.2) is 34.9 Å². The summed E-state index contributed by atoms with van der Waals surface area (Å²) >= 11 is 0. The Balaban J connectivity index is 1.55. The minimum atomic E-state index is 0.0717. The molecular formula is C21H27N3O. The number of rotatable bonds is 6. The van der Waals surface area contributed by atoms with E-state index in [4.69, 9.17) is 0 Å². The summed E-state index contributed by atoms with van der Waals surface area (Å²) in [6, 6.07) is 14.6. The Hall–Kier alpha value is -2.36. The zero-order valence-corrected chi connectivity index (χ0v) is 14.9. The Labute approximate surface area is 150 Å². The Morgan fingerprint density at radius 2 is 2.04 bits per heavy atom. The number of carbonyl (C=O) groups is 1. The van der Waals surface area contributed by atoms with Crippen LogP contribution in [0.1, 0.15) is 48.7 Å². The van der Waals surface area contributed by atoms with Crippen molar-refractivity contribution in [2.24, 2.45) is 0 Å². The lowest BCUT2D eigenvalue weighted by Gasteiger charge is -2.35. The summed E-state index contributed by atoms with van der Waals surface area (Å²) in [5, 5.41) is 3.37. The van der Waals surface area contributed by atoms with E-state index in [1.807, 2.05) is 23.1 Å². The number of nitrogens with zero attached hydrogens (tertiary/aromatic N) is 2. The predicted molar refractivity (Wildman–Crippen MR) is 102 cm³/mol. The Morgan fingerprint density at radius 1 is 1.20 bits per heavy atom. The highest BCUT2D eigenvalue weighted by Gasteiger charge is 2.26. The van der Waals surface area contributed by atoms with Gasteiger partial charge in [0.1, 0.15) is 5.69 Å². The lowest BCUT2D eigenvalue weighted by molar-refractivity contribution is 0.0602. The Kier molecular flexibility index (Phi) is 6.04. The summed E-state index contributed by atoms with van der Waals surface area (Å²) in [7, 11) is 0. The second kappa shape index (κ2) is 8.65. The Bertz CT molecular complexity index is 669. The van der Waals surface area contributed by atoms with E-state index in [-0.39, 0.29) is 5.91 Å². The van der Waals surface area contributed by atoms with Crippen molar-refractivity contribution in [3.8, 4) is 0 Å². The molecule has 0 bridgehead atoms. The number of aromatic nitrogens is 1.